The molecule has 0 spiro atoms. The van der Waals surface area contributed by atoms with Crippen LogP contribution in [0.5, 0.6) is 5.75 Å². The minimum atomic E-state index is -4.83. The maximum absolute atomic E-state index is 13.7. The van der Waals surface area contributed by atoms with Crippen molar-refractivity contribution in [2.45, 2.75) is 43.5 Å². The van der Waals surface area contributed by atoms with E-state index in [0.29, 0.717) is 13.8 Å². The van der Waals surface area contributed by atoms with E-state index >= 15 is 0 Å². The van der Waals surface area contributed by atoms with E-state index in [1.165, 1.54) is 25.1 Å². The van der Waals surface area contributed by atoms with Gasteiger partial charge < -0.3 is 14.8 Å². The third-order valence-corrected chi connectivity index (χ3v) is 7.61. The van der Waals surface area contributed by atoms with Gasteiger partial charge in [0.05, 0.1) is 28.1 Å². The fourth-order valence-corrected chi connectivity index (χ4v) is 5.23. The van der Waals surface area contributed by atoms with Crippen molar-refractivity contribution in [1.82, 2.24) is 5.32 Å². The number of hydrogen-bond donors (Lipinski definition) is 2. The van der Waals surface area contributed by atoms with E-state index in [-0.39, 0.29) is 45.5 Å². The zero-order chi connectivity index (χ0) is 27.8. The third kappa shape index (κ3) is 6.44. The molecule has 0 saturated heterocycles. The Morgan fingerprint density at radius 3 is 2.46 bits per heavy atom. The number of anilines is 2. The maximum atomic E-state index is 13.7. The number of nitrogens with zero attached hydrogens (tertiary/aromatic N) is 1. The molecule has 0 radical (unpaired) electrons. The van der Waals surface area contributed by atoms with Crippen LogP contribution in [0.15, 0.2) is 45.8 Å². The Hall–Kier alpha value is -3.07. The topological polar surface area (TPSA) is 114 Å². The van der Waals surface area contributed by atoms with Gasteiger partial charge in [-0.15, -0.1) is 0 Å². The lowest BCUT2D eigenvalue weighted by Gasteiger charge is -2.36. The SMILES string of the molecule is CC(=O)NC[C@H]1CN(S(=O)(=O)c2ccc(F)c(Br)c2)c2cc(NC(=O)OC(C)(C)C(F)(F)F)ccc2O1. The third-order valence-electron chi connectivity index (χ3n) is 5.23. The second kappa shape index (κ2) is 10.4. The maximum Gasteiger partial charge on any atom is 0.427 e. The molecular weight excluding hydrogens is 590 g/mol. The smallest absolute Gasteiger partial charge is 0.427 e. The number of carbonyl (C=O) groups is 2. The van der Waals surface area contributed by atoms with Crippen molar-refractivity contribution in [3.8, 4) is 5.75 Å². The molecule has 0 aliphatic carbocycles. The molecule has 0 unspecified atom stereocenters. The van der Waals surface area contributed by atoms with Crippen molar-refractivity contribution < 1.29 is 45.0 Å². The second-order valence-corrected chi connectivity index (χ2v) is 11.2. The van der Waals surface area contributed by atoms with Crippen LogP contribution in [0, 0.1) is 5.82 Å². The minimum absolute atomic E-state index is 0.0350. The van der Waals surface area contributed by atoms with Crippen LogP contribution >= 0.6 is 15.9 Å². The number of rotatable bonds is 6. The Morgan fingerprint density at radius 2 is 1.86 bits per heavy atom. The molecule has 3 rings (SSSR count). The monoisotopic (exact) mass is 611 g/mol. The molecule has 37 heavy (non-hydrogen) atoms. The number of fused-ring (bicyclic) bond motifs is 1. The largest absolute Gasteiger partial charge is 0.484 e. The molecule has 0 fully saturated rings. The highest BCUT2D eigenvalue weighted by Gasteiger charge is 2.51. The van der Waals surface area contributed by atoms with Gasteiger partial charge in [-0.2, -0.15) is 13.2 Å². The lowest BCUT2D eigenvalue weighted by atomic mass is 10.1. The quantitative estimate of drug-likeness (QED) is 0.463. The molecule has 9 nitrogen and oxygen atoms in total. The molecule has 1 heterocycles. The van der Waals surface area contributed by atoms with Crippen molar-refractivity contribution in [1.29, 1.82) is 0 Å². The van der Waals surface area contributed by atoms with Crippen LogP contribution in [0.4, 0.5) is 33.7 Å². The summed E-state index contributed by atoms with van der Waals surface area (Å²) in [6.07, 6.45) is -7.06. The Balaban J connectivity index is 1.97. The van der Waals surface area contributed by atoms with Gasteiger partial charge >= 0.3 is 12.3 Å². The zero-order valence-corrected chi connectivity index (χ0v) is 22.1. The Morgan fingerprint density at radius 1 is 1.19 bits per heavy atom. The first-order valence-corrected chi connectivity index (χ1v) is 12.8. The molecule has 0 saturated carbocycles. The lowest BCUT2D eigenvalue weighted by molar-refractivity contribution is -0.242. The van der Waals surface area contributed by atoms with Crippen LogP contribution in [0.25, 0.3) is 0 Å². The van der Waals surface area contributed by atoms with E-state index < -0.39 is 39.8 Å². The standard InChI is InChI=1S/C22H22BrF4N3O6S/c1-12(31)28-10-14-11-30(37(33,34)15-5-6-17(24)16(23)9-15)18-8-13(4-7-19(18)35-14)29-20(32)36-21(2,3)22(25,26)27/h4-9,14H,10-11H2,1-3H3,(H,28,31)(H,29,32)/t14-/m0/s1. The fourth-order valence-electron chi connectivity index (χ4n) is 3.18. The average molecular weight is 612 g/mol. The zero-order valence-electron chi connectivity index (χ0n) is 19.7. The summed E-state index contributed by atoms with van der Waals surface area (Å²) in [6.45, 7) is 2.32. The Kier molecular flexibility index (Phi) is 7.98. The van der Waals surface area contributed by atoms with Gasteiger partial charge in [-0.25, -0.2) is 17.6 Å². The van der Waals surface area contributed by atoms with Crippen LogP contribution in [-0.4, -0.2) is 51.4 Å². The molecule has 0 bridgehead atoms. The summed E-state index contributed by atoms with van der Waals surface area (Å²) in [7, 11) is -4.33. The molecule has 2 N–H and O–H groups in total. The van der Waals surface area contributed by atoms with Crippen LogP contribution in [-0.2, 0) is 19.6 Å². The van der Waals surface area contributed by atoms with E-state index in [4.69, 9.17) is 4.74 Å². The van der Waals surface area contributed by atoms with E-state index in [0.717, 1.165) is 22.5 Å². The number of sulfonamides is 1. The highest BCUT2D eigenvalue weighted by molar-refractivity contribution is 9.10. The van der Waals surface area contributed by atoms with Gasteiger partial charge in [0.2, 0.25) is 11.5 Å². The van der Waals surface area contributed by atoms with Gasteiger partial charge in [-0.05, 0) is 66.2 Å². The fraction of sp³-hybridized carbons (Fsp3) is 0.364. The molecule has 1 atom stereocenters. The van der Waals surface area contributed by atoms with Crippen molar-refractivity contribution in [3.63, 3.8) is 0 Å². The molecule has 2 aromatic rings. The van der Waals surface area contributed by atoms with Gasteiger partial charge in [0.25, 0.3) is 10.0 Å². The predicted molar refractivity (Wildman–Crippen MR) is 128 cm³/mol. The number of carbonyl (C=O) groups excluding carboxylic acids is 2. The predicted octanol–water partition coefficient (Wildman–Crippen LogP) is 4.57. The molecule has 0 aromatic heterocycles. The average Bonchev–Trinajstić information content (AvgIpc) is 2.77. The highest BCUT2D eigenvalue weighted by Crippen LogP contribution is 2.40. The molecule has 2 amide bonds. The summed E-state index contributed by atoms with van der Waals surface area (Å²) in [5, 5.41) is 4.69. The normalized spacial score (nSPS) is 15.9. The lowest BCUT2D eigenvalue weighted by Crippen LogP contribution is -2.48. The van der Waals surface area contributed by atoms with Crippen molar-refractivity contribution in [3.05, 3.63) is 46.7 Å². The van der Waals surface area contributed by atoms with Gasteiger partial charge in [0.1, 0.15) is 17.7 Å². The van der Waals surface area contributed by atoms with Crippen molar-refractivity contribution in [2.24, 2.45) is 0 Å². The van der Waals surface area contributed by atoms with E-state index in [9.17, 15) is 35.6 Å². The minimum Gasteiger partial charge on any atom is -0.484 e. The molecular formula is C22H22BrF4N3O6S. The van der Waals surface area contributed by atoms with Crippen molar-refractivity contribution >= 4 is 49.3 Å². The van der Waals surface area contributed by atoms with Gasteiger partial charge in [-0.3, -0.25) is 14.4 Å². The summed E-state index contributed by atoms with van der Waals surface area (Å²) >= 11 is 2.95. The van der Waals surface area contributed by atoms with Crippen LogP contribution in [0.2, 0.25) is 0 Å². The molecule has 2 aromatic carbocycles. The first-order chi connectivity index (χ1) is 17.0. The number of alkyl halides is 3. The molecule has 1 aliphatic rings. The van der Waals surface area contributed by atoms with Gasteiger partial charge in [-0.1, -0.05) is 0 Å². The Labute approximate surface area is 218 Å². The van der Waals surface area contributed by atoms with E-state index in [2.05, 4.69) is 31.3 Å². The first-order valence-electron chi connectivity index (χ1n) is 10.6. The number of hydrogen-bond acceptors (Lipinski definition) is 6. The number of halogens is 5. The van der Waals surface area contributed by atoms with Crippen LogP contribution < -0.4 is 19.7 Å². The molecule has 1 aliphatic heterocycles. The number of amides is 2. The van der Waals surface area contributed by atoms with Crippen molar-refractivity contribution in [2.75, 3.05) is 22.7 Å². The first kappa shape index (κ1) is 28.5. The van der Waals surface area contributed by atoms with Gasteiger partial charge in [0.15, 0.2) is 0 Å². The van der Waals surface area contributed by atoms with E-state index in [1.54, 1.807) is 0 Å². The number of benzene rings is 2. The number of nitrogens with one attached hydrogen (secondary N) is 2. The summed E-state index contributed by atoms with van der Waals surface area (Å²) < 4.78 is 91.1. The van der Waals surface area contributed by atoms with E-state index in [1.807, 2.05) is 0 Å². The van der Waals surface area contributed by atoms with Gasteiger partial charge in [0, 0.05) is 12.6 Å². The van der Waals surface area contributed by atoms with Crippen LogP contribution in [0.3, 0.4) is 0 Å². The Bertz CT molecular complexity index is 1320. The molecule has 202 valence electrons. The summed E-state index contributed by atoms with van der Waals surface area (Å²) in [5.41, 5.74) is -2.91. The number of ether oxygens (including phenoxy) is 2. The summed E-state index contributed by atoms with van der Waals surface area (Å²) in [4.78, 5) is 23.2. The summed E-state index contributed by atoms with van der Waals surface area (Å²) in [6, 6.07) is 6.86. The highest BCUT2D eigenvalue weighted by atomic mass is 79.9. The summed E-state index contributed by atoms with van der Waals surface area (Å²) in [5.74, 6) is -0.997. The molecule has 15 heteroatoms. The second-order valence-electron chi connectivity index (χ2n) is 8.49. The van der Waals surface area contributed by atoms with Crippen LogP contribution in [0.1, 0.15) is 20.8 Å².